The summed E-state index contributed by atoms with van der Waals surface area (Å²) in [6.45, 7) is 6.70. The number of rotatable bonds is 5. The number of nitrogens with zero attached hydrogens (tertiary/aromatic N) is 3. The van der Waals surface area contributed by atoms with Crippen molar-refractivity contribution in [2.45, 2.75) is 33.7 Å². The Morgan fingerprint density at radius 3 is 2.56 bits per heavy atom. The van der Waals surface area contributed by atoms with E-state index in [4.69, 9.17) is 5.73 Å². The van der Waals surface area contributed by atoms with Crippen LogP contribution >= 0.6 is 24.0 Å². The first-order chi connectivity index (χ1) is 12.6. The molecule has 0 spiro atoms. The fourth-order valence-corrected chi connectivity index (χ4v) is 2.95. The third-order valence-electron chi connectivity index (χ3n) is 4.46. The summed E-state index contributed by atoms with van der Waals surface area (Å²) in [5.74, 6) is 0.407. The lowest BCUT2D eigenvalue weighted by Crippen LogP contribution is -2.22. The Balaban J connectivity index is 0.00000261. The monoisotopic (exact) mass is 475 g/mol. The average molecular weight is 475 g/mol. The Bertz CT molecular complexity index is 916. The van der Waals surface area contributed by atoms with Crippen LogP contribution in [-0.4, -0.2) is 15.7 Å². The van der Waals surface area contributed by atoms with Gasteiger partial charge in [0, 0.05) is 16.9 Å². The smallest absolute Gasteiger partial charge is 0.193 e. The van der Waals surface area contributed by atoms with Crippen molar-refractivity contribution < 1.29 is 0 Å². The largest absolute Gasteiger partial charge is 0.370 e. The van der Waals surface area contributed by atoms with Crippen molar-refractivity contribution in [1.82, 2.24) is 9.78 Å². The number of halogens is 1. The molecule has 3 aromatic rings. The van der Waals surface area contributed by atoms with Crippen LogP contribution in [0.15, 0.2) is 59.6 Å². The third-order valence-corrected chi connectivity index (χ3v) is 4.46. The van der Waals surface area contributed by atoms with Gasteiger partial charge in [-0.3, -0.25) is 0 Å². The van der Waals surface area contributed by atoms with Crippen LogP contribution in [0, 0.1) is 13.8 Å². The third kappa shape index (κ3) is 5.09. The first kappa shape index (κ1) is 21.0. The molecule has 1 heterocycles. The Kier molecular flexibility index (Phi) is 7.41. The molecular weight excluding hydrogens is 449 g/mol. The minimum atomic E-state index is 0. The Labute approximate surface area is 177 Å². The lowest BCUT2D eigenvalue weighted by atomic mass is 10.1. The van der Waals surface area contributed by atoms with Crippen LogP contribution in [0.4, 0.5) is 5.69 Å². The predicted molar refractivity (Wildman–Crippen MR) is 123 cm³/mol. The summed E-state index contributed by atoms with van der Waals surface area (Å²) in [7, 11) is 0. The molecule has 0 bridgehead atoms. The summed E-state index contributed by atoms with van der Waals surface area (Å²) < 4.78 is 1.95. The van der Waals surface area contributed by atoms with Crippen molar-refractivity contribution in [2.24, 2.45) is 10.7 Å². The number of hydrogen-bond donors (Lipinski definition) is 2. The number of guanidine groups is 1. The van der Waals surface area contributed by atoms with Gasteiger partial charge in [0.2, 0.25) is 0 Å². The van der Waals surface area contributed by atoms with E-state index in [0.717, 1.165) is 34.7 Å². The minimum Gasteiger partial charge on any atom is -0.370 e. The Hall–Kier alpha value is -2.35. The van der Waals surface area contributed by atoms with Crippen LogP contribution in [0.3, 0.4) is 0 Å². The topological polar surface area (TPSA) is 68.2 Å². The zero-order chi connectivity index (χ0) is 18.5. The van der Waals surface area contributed by atoms with Gasteiger partial charge in [-0.15, -0.1) is 24.0 Å². The van der Waals surface area contributed by atoms with E-state index >= 15 is 0 Å². The highest BCUT2D eigenvalue weighted by atomic mass is 127. The van der Waals surface area contributed by atoms with E-state index in [-0.39, 0.29) is 24.0 Å². The highest BCUT2D eigenvalue weighted by Gasteiger charge is 2.12. The maximum absolute atomic E-state index is 6.07. The van der Waals surface area contributed by atoms with Crippen molar-refractivity contribution in [3.63, 3.8) is 0 Å². The lowest BCUT2D eigenvalue weighted by Gasteiger charge is -2.07. The maximum atomic E-state index is 6.07. The molecule has 0 fully saturated rings. The van der Waals surface area contributed by atoms with Gasteiger partial charge in [0.1, 0.15) is 0 Å². The first-order valence-electron chi connectivity index (χ1n) is 8.85. The quantitative estimate of drug-likeness (QED) is 0.322. The standard InChI is InChI=1S/C21H25N5.HI/c1-4-17-9-8-10-18(13-17)24-21(22)23-14-20-15(2)25-26(16(20)3)19-11-6-5-7-12-19;/h5-13H,4,14H2,1-3H3,(H3,22,23,24);1H. The van der Waals surface area contributed by atoms with Crippen LogP contribution in [0.2, 0.25) is 0 Å². The predicted octanol–water partition coefficient (Wildman–Crippen LogP) is 4.60. The van der Waals surface area contributed by atoms with Crippen molar-refractivity contribution >= 4 is 35.6 Å². The molecule has 0 aliphatic heterocycles. The van der Waals surface area contributed by atoms with Gasteiger partial charge >= 0.3 is 0 Å². The van der Waals surface area contributed by atoms with Gasteiger partial charge in [-0.1, -0.05) is 37.3 Å². The van der Waals surface area contributed by atoms with Gasteiger partial charge in [-0.25, -0.2) is 9.67 Å². The molecule has 6 heteroatoms. The average Bonchev–Trinajstić information content (AvgIpc) is 2.95. The zero-order valence-electron chi connectivity index (χ0n) is 15.9. The highest BCUT2D eigenvalue weighted by molar-refractivity contribution is 14.0. The van der Waals surface area contributed by atoms with Gasteiger partial charge in [-0.05, 0) is 50.1 Å². The molecule has 0 aliphatic carbocycles. The molecule has 0 saturated carbocycles. The molecule has 0 amide bonds. The number of aliphatic imine (C=N–C) groups is 1. The van der Waals surface area contributed by atoms with Crippen LogP contribution in [-0.2, 0) is 13.0 Å². The van der Waals surface area contributed by atoms with E-state index in [0.29, 0.717) is 12.5 Å². The van der Waals surface area contributed by atoms with Gasteiger partial charge in [0.25, 0.3) is 0 Å². The fourth-order valence-electron chi connectivity index (χ4n) is 2.95. The molecule has 0 saturated heterocycles. The molecule has 3 rings (SSSR count). The molecule has 142 valence electrons. The summed E-state index contributed by atoms with van der Waals surface area (Å²) in [6, 6.07) is 18.3. The summed E-state index contributed by atoms with van der Waals surface area (Å²) in [5.41, 5.74) is 12.5. The van der Waals surface area contributed by atoms with Gasteiger partial charge in [-0.2, -0.15) is 5.10 Å². The van der Waals surface area contributed by atoms with E-state index < -0.39 is 0 Å². The Morgan fingerprint density at radius 1 is 1.11 bits per heavy atom. The molecule has 1 aromatic heterocycles. The zero-order valence-corrected chi connectivity index (χ0v) is 18.3. The van der Waals surface area contributed by atoms with Crippen molar-refractivity contribution in [1.29, 1.82) is 0 Å². The number of benzene rings is 2. The number of anilines is 1. The molecule has 3 N–H and O–H groups in total. The highest BCUT2D eigenvalue weighted by Crippen LogP contribution is 2.18. The maximum Gasteiger partial charge on any atom is 0.193 e. The van der Waals surface area contributed by atoms with Gasteiger partial charge in [0.15, 0.2) is 5.96 Å². The number of hydrogen-bond acceptors (Lipinski definition) is 2. The van der Waals surface area contributed by atoms with E-state index in [9.17, 15) is 0 Å². The van der Waals surface area contributed by atoms with Gasteiger partial charge in [0.05, 0.1) is 17.9 Å². The molecule has 0 unspecified atom stereocenters. The van der Waals surface area contributed by atoms with E-state index in [1.54, 1.807) is 0 Å². The molecule has 27 heavy (non-hydrogen) atoms. The molecule has 0 atom stereocenters. The Morgan fingerprint density at radius 2 is 1.85 bits per heavy atom. The fraction of sp³-hybridized carbons (Fsp3) is 0.238. The molecule has 0 aliphatic rings. The number of aryl methyl sites for hydroxylation is 2. The summed E-state index contributed by atoms with van der Waals surface area (Å²) in [4.78, 5) is 4.50. The minimum absolute atomic E-state index is 0. The number of nitrogens with two attached hydrogens (primary N) is 1. The van der Waals surface area contributed by atoms with Crippen LogP contribution < -0.4 is 11.1 Å². The summed E-state index contributed by atoms with van der Waals surface area (Å²) in [5, 5.41) is 7.82. The van der Waals surface area contributed by atoms with E-state index in [1.165, 1.54) is 5.56 Å². The second kappa shape index (κ2) is 9.55. The molecule has 5 nitrogen and oxygen atoms in total. The first-order valence-corrected chi connectivity index (χ1v) is 8.85. The van der Waals surface area contributed by atoms with Gasteiger partial charge < -0.3 is 11.1 Å². The summed E-state index contributed by atoms with van der Waals surface area (Å²) >= 11 is 0. The number of para-hydroxylation sites is 1. The number of nitrogens with one attached hydrogen (secondary N) is 1. The SMILES string of the molecule is CCc1cccc(NC(N)=NCc2c(C)nn(-c3ccccc3)c2C)c1.I. The van der Waals surface area contributed by atoms with E-state index in [2.05, 4.69) is 41.4 Å². The molecule has 0 radical (unpaired) electrons. The van der Waals surface area contributed by atoms with Crippen LogP contribution in [0.1, 0.15) is 29.4 Å². The molecular formula is C21H26IN5. The van der Waals surface area contributed by atoms with Crippen molar-refractivity contribution in [3.05, 3.63) is 77.1 Å². The van der Waals surface area contributed by atoms with Crippen LogP contribution in [0.25, 0.3) is 5.69 Å². The van der Waals surface area contributed by atoms with Crippen molar-refractivity contribution in [3.8, 4) is 5.69 Å². The second-order valence-corrected chi connectivity index (χ2v) is 6.28. The van der Waals surface area contributed by atoms with Crippen molar-refractivity contribution in [2.75, 3.05) is 5.32 Å². The normalized spacial score (nSPS) is 11.1. The number of aromatic nitrogens is 2. The second-order valence-electron chi connectivity index (χ2n) is 6.28. The molecule has 2 aromatic carbocycles. The van der Waals surface area contributed by atoms with E-state index in [1.807, 2.05) is 54.1 Å². The van der Waals surface area contributed by atoms with Crippen LogP contribution in [0.5, 0.6) is 0 Å². The lowest BCUT2D eigenvalue weighted by molar-refractivity contribution is 0.832. The summed E-state index contributed by atoms with van der Waals surface area (Å²) in [6.07, 6.45) is 0.990.